The molecule has 3 aromatic carbocycles. The van der Waals surface area contributed by atoms with Crippen molar-refractivity contribution in [1.82, 2.24) is 20.6 Å². The molecule has 3 atom stereocenters. The number of amides is 2. The predicted molar refractivity (Wildman–Crippen MR) is 153 cm³/mol. The van der Waals surface area contributed by atoms with Crippen LogP contribution in [-0.4, -0.2) is 33.0 Å². The van der Waals surface area contributed by atoms with E-state index in [9.17, 15) is 9.90 Å². The summed E-state index contributed by atoms with van der Waals surface area (Å²) >= 11 is 1.56. The summed E-state index contributed by atoms with van der Waals surface area (Å²) in [6, 6.07) is 27.1. The van der Waals surface area contributed by atoms with Crippen molar-refractivity contribution >= 4 is 17.8 Å². The van der Waals surface area contributed by atoms with Crippen molar-refractivity contribution in [2.45, 2.75) is 49.8 Å². The van der Waals surface area contributed by atoms with Gasteiger partial charge in [0.25, 0.3) is 0 Å². The summed E-state index contributed by atoms with van der Waals surface area (Å²) in [6.45, 7) is 0.884. The molecule has 0 bridgehead atoms. The van der Waals surface area contributed by atoms with Gasteiger partial charge < -0.3 is 25.2 Å². The smallest absolute Gasteiger partial charge is 0.315 e. The lowest BCUT2D eigenvalue weighted by Gasteiger charge is -2.36. The van der Waals surface area contributed by atoms with Gasteiger partial charge in [-0.1, -0.05) is 90.6 Å². The third-order valence-electron chi connectivity index (χ3n) is 6.56. The molecule has 8 nitrogen and oxygen atoms in total. The number of hydrogen-bond donors (Lipinski definition) is 3. The van der Waals surface area contributed by atoms with Gasteiger partial charge in [0.2, 0.25) is 0 Å². The third kappa shape index (κ3) is 7.89. The molecule has 0 saturated carbocycles. The zero-order valence-electron chi connectivity index (χ0n) is 22.0. The second-order valence-corrected chi connectivity index (χ2v) is 10.4. The molecule has 2 heterocycles. The van der Waals surface area contributed by atoms with Gasteiger partial charge in [0, 0.05) is 43.2 Å². The number of aliphatic hydroxyl groups is 1. The number of benzene rings is 3. The number of hydrogen-bond acceptors (Lipinski definition) is 7. The van der Waals surface area contributed by atoms with Crippen LogP contribution in [0.2, 0.25) is 0 Å². The molecule has 1 aliphatic heterocycles. The molecule has 206 valence electrons. The molecule has 0 spiro atoms. The first-order valence-corrected chi connectivity index (χ1v) is 14.2. The Morgan fingerprint density at radius 3 is 2.10 bits per heavy atom. The van der Waals surface area contributed by atoms with Gasteiger partial charge in [-0.05, 0) is 28.3 Å². The van der Waals surface area contributed by atoms with Gasteiger partial charge in [0.15, 0.2) is 11.4 Å². The highest BCUT2D eigenvalue weighted by Crippen LogP contribution is 2.39. The van der Waals surface area contributed by atoms with Crippen LogP contribution in [0.3, 0.4) is 0 Å². The van der Waals surface area contributed by atoms with E-state index in [0.717, 1.165) is 27.8 Å². The predicted octanol–water partition coefficient (Wildman–Crippen LogP) is 5.31. The number of nitrogens with one attached hydrogen (secondary N) is 2. The minimum absolute atomic E-state index is 0.00374. The Hall–Kier alpha value is -3.76. The molecule has 5 rings (SSSR count). The fourth-order valence-corrected chi connectivity index (χ4v) is 5.19. The Morgan fingerprint density at radius 1 is 0.800 bits per heavy atom. The number of urea groups is 1. The molecule has 9 heteroatoms. The van der Waals surface area contributed by atoms with E-state index in [4.69, 9.17) is 9.47 Å². The molecule has 40 heavy (non-hydrogen) atoms. The maximum absolute atomic E-state index is 12.2. The standard InChI is InChI=1S/C31H32N4O4S/c36-20-24-9-11-25(12-10-24)28-17-27(21-40-31-32-15-4-16-33-31)38-29(39-28)26-13-7-23(8-14-26)19-35-30(37)34-18-22-5-2-1-3-6-22/h1-16,27-29,36H,17-21H2,(H2,34,35,37). The summed E-state index contributed by atoms with van der Waals surface area (Å²) in [4.78, 5) is 20.8. The molecular weight excluding hydrogens is 524 g/mol. The van der Waals surface area contributed by atoms with E-state index >= 15 is 0 Å². The van der Waals surface area contributed by atoms with Crippen LogP contribution in [0.1, 0.15) is 46.6 Å². The molecule has 1 saturated heterocycles. The first kappa shape index (κ1) is 27.8. The van der Waals surface area contributed by atoms with E-state index in [1.807, 2.05) is 78.9 Å². The molecule has 1 aromatic heterocycles. The Balaban J connectivity index is 1.21. The molecule has 0 aliphatic carbocycles. The number of carbonyl (C=O) groups excluding carboxylic acids is 1. The highest BCUT2D eigenvalue weighted by Gasteiger charge is 2.32. The molecule has 3 N–H and O–H groups in total. The molecular formula is C31H32N4O4S. The van der Waals surface area contributed by atoms with Gasteiger partial charge in [-0.25, -0.2) is 14.8 Å². The number of aliphatic hydroxyl groups excluding tert-OH is 1. The maximum Gasteiger partial charge on any atom is 0.315 e. The lowest BCUT2D eigenvalue weighted by molar-refractivity contribution is -0.245. The Bertz CT molecular complexity index is 1340. The van der Waals surface area contributed by atoms with Gasteiger partial charge in [-0.2, -0.15) is 0 Å². The van der Waals surface area contributed by atoms with Gasteiger partial charge in [0.05, 0.1) is 18.8 Å². The van der Waals surface area contributed by atoms with Crippen LogP contribution in [0.5, 0.6) is 0 Å². The highest BCUT2D eigenvalue weighted by molar-refractivity contribution is 7.99. The Kier molecular flexibility index (Phi) is 9.76. The monoisotopic (exact) mass is 556 g/mol. The average molecular weight is 557 g/mol. The first-order valence-electron chi connectivity index (χ1n) is 13.2. The quantitative estimate of drug-likeness (QED) is 0.180. The molecule has 2 amide bonds. The van der Waals surface area contributed by atoms with E-state index in [2.05, 4.69) is 20.6 Å². The highest BCUT2D eigenvalue weighted by atomic mass is 32.2. The van der Waals surface area contributed by atoms with Crippen LogP contribution < -0.4 is 10.6 Å². The third-order valence-corrected chi connectivity index (χ3v) is 7.56. The number of thioether (sulfide) groups is 1. The Morgan fingerprint density at radius 2 is 1.43 bits per heavy atom. The van der Waals surface area contributed by atoms with E-state index in [1.165, 1.54) is 0 Å². The van der Waals surface area contributed by atoms with Crippen molar-refractivity contribution in [2.75, 3.05) is 5.75 Å². The van der Waals surface area contributed by atoms with Crippen LogP contribution in [0, 0.1) is 0 Å². The van der Waals surface area contributed by atoms with Crippen molar-refractivity contribution < 1.29 is 19.4 Å². The van der Waals surface area contributed by atoms with Crippen LogP contribution in [0.4, 0.5) is 4.79 Å². The van der Waals surface area contributed by atoms with Crippen LogP contribution in [-0.2, 0) is 29.2 Å². The number of aromatic nitrogens is 2. The lowest BCUT2D eigenvalue weighted by atomic mass is 10.0. The summed E-state index contributed by atoms with van der Waals surface area (Å²) in [7, 11) is 0. The van der Waals surface area contributed by atoms with E-state index in [0.29, 0.717) is 30.4 Å². The lowest BCUT2D eigenvalue weighted by Crippen LogP contribution is -2.34. The minimum Gasteiger partial charge on any atom is -0.392 e. The molecule has 0 radical (unpaired) electrons. The summed E-state index contributed by atoms with van der Waals surface area (Å²) < 4.78 is 12.8. The Labute approximate surface area is 238 Å². The van der Waals surface area contributed by atoms with Gasteiger partial charge in [-0.15, -0.1) is 0 Å². The zero-order chi connectivity index (χ0) is 27.6. The van der Waals surface area contributed by atoms with E-state index < -0.39 is 6.29 Å². The fourth-order valence-electron chi connectivity index (χ4n) is 4.37. The average Bonchev–Trinajstić information content (AvgIpc) is 3.03. The topological polar surface area (TPSA) is 106 Å². The van der Waals surface area contributed by atoms with E-state index in [1.54, 1.807) is 30.2 Å². The minimum atomic E-state index is -0.547. The second-order valence-electron chi connectivity index (χ2n) is 9.46. The van der Waals surface area contributed by atoms with Gasteiger partial charge in [-0.3, -0.25) is 0 Å². The van der Waals surface area contributed by atoms with Crippen molar-refractivity contribution in [2.24, 2.45) is 0 Å². The maximum atomic E-state index is 12.2. The van der Waals surface area contributed by atoms with Gasteiger partial charge >= 0.3 is 6.03 Å². The normalized spacial score (nSPS) is 18.7. The molecule has 1 aliphatic rings. The van der Waals surface area contributed by atoms with Crippen LogP contribution >= 0.6 is 11.8 Å². The van der Waals surface area contributed by atoms with Crippen molar-refractivity contribution in [3.05, 3.63) is 125 Å². The van der Waals surface area contributed by atoms with Crippen LogP contribution in [0.15, 0.2) is 102 Å². The number of rotatable bonds is 10. The van der Waals surface area contributed by atoms with E-state index in [-0.39, 0.29) is 24.8 Å². The van der Waals surface area contributed by atoms with Crippen LogP contribution in [0.25, 0.3) is 0 Å². The fraction of sp³-hybridized carbons (Fsp3) is 0.258. The largest absolute Gasteiger partial charge is 0.392 e. The molecule has 4 aromatic rings. The van der Waals surface area contributed by atoms with Crippen molar-refractivity contribution in [3.8, 4) is 0 Å². The van der Waals surface area contributed by atoms with Gasteiger partial charge in [0.1, 0.15) is 0 Å². The summed E-state index contributed by atoms with van der Waals surface area (Å²) in [6.07, 6.45) is 3.37. The number of ether oxygens (including phenoxy) is 2. The summed E-state index contributed by atoms with van der Waals surface area (Å²) in [5.74, 6) is 0.690. The molecule has 3 unspecified atom stereocenters. The second kappa shape index (κ2) is 14.0. The number of nitrogens with zero attached hydrogens (tertiary/aromatic N) is 2. The van der Waals surface area contributed by atoms with Crippen molar-refractivity contribution in [1.29, 1.82) is 0 Å². The molecule has 1 fully saturated rings. The SMILES string of the molecule is O=C(NCc1ccccc1)NCc1ccc(C2OC(CSc3ncccn3)CC(c3ccc(CO)cc3)O2)cc1. The first-order chi connectivity index (χ1) is 19.7. The van der Waals surface area contributed by atoms with Crippen molar-refractivity contribution in [3.63, 3.8) is 0 Å². The summed E-state index contributed by atoms with van der Waals surface area (Å²) in [5.41, 5.74) is 4.82. The summed E-state index contributed by atoms with van der Waals surface area (Å²) in [5, 5.41) is 15.9. The number of carbonyl (C=O) groups is 1. The zero-order valence-corrected chi connectivity index (χ0v) is 22.8.